The molecule has 0 aliphatic rings. The second-order valence-electron chi connectivity index (χ2n) is 3.94. The fraction of sp³-hybridized carbons (Fsp3) is 0.133. The number of nitriles is 1. The smallest absolute Gasteiger partial charge is 0.165 e. The first kappa shape index (κ1) is 13.1. The van der Waals surface area contributed by atoms with Crippen LogP contribution in [0.5, 0.6) is 5.75 Å². The predicted molar refractivity (Wildman–Crippen MR) is 67.8 cm³/mol. The molecular weight excluding hydrogens is 245 g/mol. The van der Waals surface area contributed by atoms with Crippen LogP contribution in [0.1, 0.15) is 16.7 Å². The Balaban J connectivity index is 2.22. The lowest BCUT2D eigenvalue weighted by Crippen LogP contribution is -2.02. The molecule has 0 aliphatic carbocycles. The molecule has 0 saturated carbocycles. The van der Waals surface area contributed by atoms with E-state index >= 15 is 0 Å². The van der Waals surface area contributed by atoms with Gasteiger partial charge in [0.05, 0.1) is 18.2 Å². The first-order valence-corrected chi connectivity index (χ1v) is 5.75. The quantitative estimate of drug-likeness (QED) is 0.916. The number of para-hydroxylation sites is 1. The summed E-state index contributed by atoms with van der Waals surface area (Å²) in [7, 11) is 0. The van der Waals surface area contributed by atoms with Crippen LogP contribution in [0.4, 0.5) is 4.39 Å². The summed E-state index contributed by atoms with van der Waals surface area (Å²) in [5.41, 5.74) is 1.55. The van der Waals surface area contributed by atoms with E-state index in [0.717, 1.165) is 0 Å². The minimum atomic E-state index is -0.527. The zero-order chi connectivity index (χ0) is 13.7. The third kappa shape index (κ3) is 2.90. The number of aliphatic hydroxyl groups excluding tert-OH is 1. The predicted octanol–water partition coefficient (Wildman–Crippen LogP) is 2.77. The topological polar surface area (TPSA) is 53.2 Å². The monoisotopic (exact) mass is 257 g/mol. The van der Waals surface area contributed by atoms with Crippen molar-refractivity contribution in [3.8, 4) is 11.8 Å². The van der Waals surface area contributed by atoms with Crippen molar-refractivity contribution in [2.24, 2.45) is 0 Å². The first-order valence-electron chi connectivity index (χ1n) is 5.75. The largest absolute Gasteiger partial charge is 0.485 e. The van der Waals surface area contributed by atoms with Gasteiger partial charge in [-0.15, -0.1) is 0 Å². The Kier molecular flexibility index (Phi) is 4.11. The Bertz CT molecular complexity index is 620. The molecular formula is C15H12FNO2. The van der Waals surface area contributed by atoms with Crippen LogP contribution in [0.25, 0.3) is 0 Å². The van der Waals surface area contributed by atoms with Crippen LogP contribution in [-0.4, -0.2) is 5.11 Å². The zero-order valence-corrected chi connectivity index (χ0v) is 10.1. The van der Waals surface area contributed by atoms with E-state index < -0.39 is 5.82 Å². The molecule has 0 heterocycles. The standard InChI is InChI=1S/C15H12FNO2/c16-14-7-3-6-12(9-18)15(14)19-10-13-5-2-1-4-11(13)8-17/h1-7,18H,9-10H2. The molecule has 19 heavy (non-hydrogen) atoms. The van der Waals surface area contributed by atoms with E-state index in [-0.39, 0.29) is 19.0 Å². The Morgan fingerprint density at radius 3 is 2.58 bits per heavy atom. The third-order valence-corrected chi connectivity index (χ3v) is 2.73. The normalized spacial score (nSPS) is 9.95. The second-order valence-corrected chi connectivity index (χ2v) is 3.94. The van der Waals surface area contributed by atoms with Crippen molar-refractivity contribution in [2.75, 3.05) is 0 Å². The average Bonchev–Trinajstić information content (AvgIpc) is 2.46. The van der Waals surface area contributed by atoms with Gasteiger partial charge < -0.3 is 9.84 Å². The Morgan fingerprint density at radius 1 is 1.11 bits per heavy atom. The molecule has 0 aromatic heterocycles. The van der Waals surface area contributed by atoms with Crippen molar-refractivity contribution < 1.29 is 14.2 Å². The maximum absolute atomic E-state index is 13.6. The molecule has 0 amide bonds. The molecule has 0 aliphatic heterocycles. The van der Waals surface area contributed by atoms with Gasteiger partial charge in [-0.25, -0.2) is 4.39 Å². The number of rotatable bonds is 4. The molecule has 2 rings (SSSR count). The van der Waals surface area contributed by atoms with Gasteiger partial charge in [-0.3, -0.25) is 0 Å². The van der Waals surface area contributed by atoms with E-state index in [2.05, 4.69) is 6.07 Å². The number of ether oxygens (including phenoxy) is 1. The molecule has 1 N–H and O–H groups in total. The van der Waals surface area contributed by atoms with Crippen LogP contribution in [0.2, 0.25) is 0 Å². The van der Waals surface area contributed by atoms with Crippen molar-refractivity contribution in [1.82, 2.24) is 0 Å². The summed E-state index contributed by atoms with van der Waals surface area (Å²) in [5, 5.41) is 18.1. The van der Waals surface area contributed by atoms with Crippen LogP contribution < -0.4 is 4.74 Å². The maximum atomic E-state index is 13.6. The highest BCUT2D eigenvalue weighted by Crippen LogP contribution is 2.24. The zero-order valence-electron chi connectivity index (χ0n) is 10.1. The molecule has 0 unspecified atom stereocenters. The summed E-state index contributed by atoms with van der Waals surface area (Å²) >= 11 is 0. The van der Waals surface area contributed by atoms with Gasteiger partial charge in [-0.2, -0.15) is 5.26 Å². The summed E-state index contributed by atoms with van der Waals surface area (Å²) in [6.07, 6.45) is 0. The van der Waals surface area contributed by atoms with E-state index in [1.807, 2.05) is 0 Å². The summed E-state index contributed by atoms with van der Waals surface area (Å²) in [6, 6.07) is 13.4. The fourth-order valence-electron chi connectivity index (χ4n) is 1.74. The fourth-order valence-corrected chi connectivity index (χ4v) is 1.74. The number of benzene rings is 2. The average molecular weight is 257 g/mol. The van der Waals surface area contributed by atoms with Gasteiger partial charge in [0, 0.05) is 11.1 Å². The molecule has 0 atom stereocenters. The summed E-state index contributed by atoms with van der Waals surface area (Å²) < 4.78 is 19.0. The van der Waals surface area contributed by atoms with Crippen molar-refractivity contribution in [1.29, 1.82) is 5.26 Å². The van der Waals surface area contributed by atoms with Gasteiger partial charge in [0.1, 0.15) is 6.61 Å². The SMILES string of the molecule is N#Cc1ccccc1COc1c(F)cccc1CO. The van der Waals surface area contributed by atoms with Gasteiger partial charge in [0.15, 0.2) is 11.6 Å². The van der Waals surface area contributed by atoms with Crippen molar-refractivity contribution >= 4 is 0 Å². The molecule has 2 aromatic carbocycles. The van der Waals surface area contributed by atoms with Crippen LogP contribution >= 0.6 is 0 Å². The third-order valence-electron chi connectivity index (χ3n) is 2.73. The molecule has 0 spiro atoms. The number of halogens is 1. The van der Waals surface area contributed by atoms with E-state index in [1.54, 1.807) is 30.3 Å². The minimum Gasteiger partial charge on any atom is -0.485 e. The van der Waals surface area contributed by atoms with E-state index in [1.165, 1.54) is 12.1 Å². The van der Waals surface area contributed by atoms with Crippen LogP contribution in [-0.2, 0) is 13.2 Å². The van der Waals surface area contributed by atoms with Gasteiger partial charge in [-0.1, -0.05) is 30.3 Å². The lowest BCUT2D eigenvalue weighted by Gasteiger charge is -2.11. The Morgan fingerprint density at radius 2 is 1.84 bits per heavy atom. The lowest BCUT2D eigenvalue weighted by atomic mass is 10.1. The van der Waals surface area contributed by atoms with Crippen LogP contribution in [0.15, 0.2) is 42.5 Å². The van der Waals surface area contributed by atoms with Gasteiger partial charge in [-0.05, 0) is 12.1 Å². The van der Waals surface area contributed by atoms with E-state index in [9.17, 15) is 4.39 Å². The summed E-state index contributed by atoms with van der Waals surface area (Å²) in [6.45, 7) is -0.218. The number of aliphatic hydroxyl groups is 1. The number of hydrogen-bond acceptors (Lipinski definition) is 3. The second kappa shape index (κ2) is 5.98. The summed E-state index contributed by atoms with van der Waals surface area (Å²) in [4.78, 5) is 0. The van der Waals surface area contributed by atoms with Crippen molar-refractivity contribution in [2.45, 2.75) is 13.2 Å². The Labute approximate surface area is 110 Å². The van der Waals surface area contributed by atoms with Crippen LogP contribution in [0, 0.1) is 17.1 Å². The van der Waals surface area contributed by atoms with Gasteiger partial charge >= 0.3 is 0 Å². The molecule has 2 aromatic rings. The van der Waals surface area contributed by atoms with Gasteiger partial charge in [0.2, 0.25) is 0 Å². The molecule has 0 saturated heterocycles. The molecule has 4 heteroatoms. The maximum Gasteiger partial charge on any atom is 0.165 e. The number of nitrogens with zero attached hydrogens (tertiary/aromatic N) is 1. The molecule has 0 radical (unpaired) electrons. The first-order chi connectivity index (χ1) is 9.26. The van der Waals surface area contributed by atoms with Crippen LogP contribution in [0.3, 0.4) is 0 Å². The molecule has 0 bridgehead atoms. The number of hydrogen-bond donors (Lipinski definition) is 1. The highest BCUT2D eigenvalue weighted by atomic mass is 19.1. The molecule has 0 fully saturated rings. The molecule has 96 valence electrons. The van der Waals surface area contributed by atoms with Crippen molar-refractivity contribution in [3.05, 3.63) is 65.0 Å². The highest BCUT2D eigenvalue weighted by molar-refractivity contribution is 5.38. The Hall–Kier alpha value is -2.38. The molecule has 3 nitrogen and oxygen atoms in total. The van der Waals surface area contributed by atoms with Crippen molar-refractivity contribution in [3.63, 3.8) is 0 Å². The lowest BCUT2D eigenvalue weighted by molar-refractivity contribution is 0.251. The van der Waals surface area contributed by atoms with E-state index in [0.29, 0.717) is 16.7 Å². The minimum absolute atomic E-state index is 0.0257. The summed E-state index contributed by atoms with van der Waals surface area (Å²) in [5.74, 6) is -0.501. The van der Waals surface area contributed by atoms with E-state index in [4.69, 9.17) is 15.1 Å². The van der Waals surface area contributed by atoms with Gasteiger partial charge in [0.25, 0.3) is 0 Å². The highest BCUT2D eigenvalue weighted by Gasteiger charge is 2.10.